The van der Waals surface area contributed by atoms with E-state index in [-0.39, 0.29) is 17.9 Å². The molecular formula is C26H23FN4O2S. The van der Waals surface area contributed by atoms with Crippen LogP contribution in [0.1, 0.15) is 23.5 Å². The number of anilines is 1. The second-order valence-corrected chi connectivity index (χ2v) is 8.18. The largest absolute Gasteiger partial charge is 0.497 e. The van der Waals surface area contributed by atoms with E-state index in [0.717, 1.165) is 17.1 Å². The Labute approximate surface area is 202 Å². The van der Waals surface area contributed by atoms with Gasteiger partial charge in [0, 0.05) is 24.2 Å². The maximum Gasteiger partial charge on any atom is 0.174 e. The lowest BCUT2D eigenvalue weighted by molar-refractivity contribution is 0.402. The molecule has 1 N–H and O–H groups in total. The monoisotopic (exact) mass is 474 g/mol. The molecule has 172 valence electrons. The summed E-state index contributed by atoms with van der Waals surface area (Å²) in [6.07, 6.45) is 3.60. The van der Waals surface area contributed by atoms with Gasteiger partial charge >= 0.3 is 0 Å². The molecule has 0 aliphatic carbocycles. The van der Waals surface area contributed by atoms with Crippen molar-refractivity contribution >= 4 is 23.0 Å². The Morgan fingerprint density at radius 3 is 2.50 bits per heavy atom. The van der Waals surface area contributed by atoms with E-state index >= 15 is 0 Å². The van der Waals surface area contributed by atoms with E-state index in [1.165, 1.54) is 6.07 Å². The van der Waals surface area contributed by atoms with Crippen molar-refractivity contribution in [3.8, 4) is 17.2 Å². The van der Waals surface area contributed by atoms with Gasteiger partial charge in [-0.2, -0.15) is 0 Å². The maximum atomic E-state index is 14.8. The molecule has 2 aromatic carbocycles. The molecule has 5 rings (SSSR count). The minimum Gasteiger partial charge on any atom is -0.497 e. The Bertz CT molecular complexity index is 1330. The number of halogens is 1. The number of thiocarbonyl (C=S) groups is 1. The van der Waals surface area contributed by atoms with E-state index in [4.69, 9.17) is 21.7 Å². The van der Waals surface area contributed by atoms with Crippen molar-refractivity contribution in [1.29, 1.82) is 0 Å². The molecule has 8 heteroatoms. The highest BCUT2D eigenvalue weighted by Crippen LogP contribution is 2.46. The van der Waals surface area contributed by atoms with Crippen LogP contribution in [0.3, 0.4) is 0 Å². The van der Waals surface area contributed by atoms with Crippen LogP contribution in [0.5, 0.6) is 11.5 Å². The molecule has 2 aromatic heterocycles. The third-order valence-electron chi connectivity index (χ3n) is 5.94. The number of rotatable bonds is 6. The Hall–Kier alpha value is -3.91. The van der Waals surface area contributed by atoms with Crippen LogP contribution in [0, 0.1) is 5.82 Å². The van der Waals surface area contributed by atoms with Crippen LogP contribution in [0.25, 0.3) is 5.69 Å². The number of hydrogen-bond donors (Lipinski definition) is 1. The molecule has 3 heterocycles. The highest BCUT2D eigenvalue weighted by atomic mass is 32.1. The van der Waals surface area contributed by atoms with Gasteiger partial charge in [0.05, 0.1) is 37.3 Å². The van der Waals surface area contributed by atoms with Crippen LogP contribution in [0.2, 0.25) is 0 Å². The summed E-state index contributed by atoms with van der Waals surface area (Å²) in [7, 11) is 3.23. The summed E-state index contributed by atoms with van der Waals surface area (Å²) in [4.78, 5) is 6.58. The molecule has 34 heavy (non-hydrogen) atoms. The summed E-state index contributed by atoms with van der Waals surface area (Å²) in [6.45, 7) is 0. The number of benzene rings is 2. The lowest BCUT2D eigenvalue weighted by Crippen LogP contribution is -2.30. The number of pyridine rings is 1. The average molecular weight is 475 g/mol. The summed E-state index contributed by atoms with van der Waals surface area (Å²) < 4.78 is 27.8. The minimum absolute atomic E-state index is 0.287. The van der Waals surface area contributed by atoms with E-state index in [1.807, 2.05) is 70.3 Å². The molecule has 0 spiro atoms. The van der Waals surface area contributed by atoms with Crippen molar-refractivity contribution in [2.24, 2.45) is 0 Å². The number of methoxy groups -OCH3 is 2. The second-order valence-electron chi connectivity index (χ2n) is 7.79. The molecule has 0 saturated carbocycles. The van der Waals surface area contributed by atoms with Crippen LogP contribution < -0.4 is 19.7 Å². The molecule has 0 amide bonds. The van der Waals surface area contributed by atoms with Crippen molar-refractivity contribution in [2.75, 3.05) is 19.1 Å². The SMILES string of the molecule is COc1ccc(OC)c(N2C(=S)N[C@H](c3ccccn3)[C@@H]2c2cccn2-c2ccccc2F)c1. The predicted octanol–water partition coefficient (Wildman–Crippen LogP) is 5.21. The fourth-order valence-corrected chi connectivity index (χ4v) is 4.74. The molecule has 0 radical (unpaired) electrons. The van der Waals surface area contributed by atoms with Crippen molar-refractivity contribution in [1.82, 2.24) is 14.9 Å². The molecule has 6 nitrogen and oxygen atoms in total. The van der Waals surface area contributed by atoms with Crippen LogP contribution in [-0.4, -0.2) is 28.9 Å². The van der Waals surface area contributed by atoms with Gasteiger partial charge in [-0.1, -0.05) is 18.2 Å². The first-order valence-electron chi connectivity index (χ1n) is 10.8. The van der Waals surface area contributed by atoms with Crippen molar-refractivity contribution in [3.05, 3.63) is 102 Å². The van der Waals surface area contributed by atoms with Gasteiger partial charge in [-0.3, -0.25) is 4.98 Å². The number of nitrogens with zero attached hydrogens (tertiary/aromatic N) is 3. The maximum absolute atomic E-state index is 14.8. The van der Waals surface area contributed by atoms with Gasteiger partial charge in [0.15, 0.2) is 5.11 Å². The number of nitrogens with one attached hydrogen (secondary N) is 1. The lowest BCUT2D eigenvalue weighted by atomic mass is 10.0. The Morgan fingerprint density at radius 1 is 0.941 bits per heavy atom. The number of para-hydroxylation sites is 1. The third-order valence-corrected chi connectivity index (χ3v) is 6.25. The first-order chi connectivity index (χ1) is 16.6. The zero-order valence-corrected chi connectivity index (χ0v) is 19.5. The Kier molecular flexibility index (Phi) is 5.90. The van der Waals surface area contributed by atoms with Gasteiger partial charge in [0.2, 0.25) is 0 Å². The van der Waals surface area contributed by atoms with Crippen LogP contribution in [0.15, 0.2) is 85.2 Å². The number of aromatic nitrogens is 2. The van der Waals surface area contributed by atoms with Crippen molar-refractivity contribution in [2.45, 2.75) is 12.1 Å². The highest BCUT2D eigenvalue weighted by Gasteiger charge is 2.43. The van der Waals surface area contributed by atoms with E-state index in [2.05, 4.69) is 10.3 Å². The standard InChI is InChI=1S/C26H23FN4O2S/c1-32-17-12-13-23(33-2)22(16-17)31-25(24(29-26(31)34)19-9-5-6-14-28-19)21-11-7-15-30(21)20-10-4-3-8-18(20)27/h3-16,24-25H,1-2H3,(H,29,34)/t24-,25+/m1/s1. The third kappa shape index (κ3) is 3.76. The Morgan fingerprint density at radius 2 is 1.76 bits per heavy atom. The Balaban J connectivity index is 1.72. The number of hydrogen-bond acceptors (Lipinski definition) is 4. The van der Waals surface area contributed by atoms with Gasteiger partial charge < -0.3 is 24.3 Å². The van der Waals surface area contributed by atoms with Crippen LogP contribution in [-0.2, 0) is 0 Å². The van der Waals surface area contributed by atoms with Gasteiger partial charge in [-0.05, 0) is 60.7 Å². The van der Waals surface area contributed by atoms with Gasteiger partial charge in [0.1, 0.15) is 23.4 Å². The fourth-order valence-electron chi connectivity index (χ4n) is 4.40. The lowest BCUT2D eigenvalue weighted by Gasteiger charge is -2.30. The quantitative estimate of drug-likeness (QED) is 0.388. The first-order valence-corrected chi connectivity index (χ1v) is 11.2. The van der Waals surface area contributed by atoms with E-state index in [0.29, 0.717) is 22.3 Å². The topological polar surface area (TPSA) is 51.6 Å². The molecule has 1 aliphatic heterocycles. The average Bonchev–Trinajstić information content (AvgIpc) is 3.48. The second kappa shape index (κ2) is 9.15. The normalized spacial score (nSPS) is 17.5. The van der Waals surface area contributed by atoms with E-state index < -0.39 is 0 Å². The molecule has 1 fully saturated rings. The van der Waals surface area contributed by atoms with Crippen LogP contribution in [0.4, 0.5) is 10.1 Å². The summed E-state index contributed by atoms with van der Waals surface area (Å²) in [5, 5.41) is 3.94. The zero-order valence-electron chi connectivity index (χ0n) is 18.7. The summed E-state index contributed by atoms with van der Waals surface area (Å²) in [6, 6.07) is 21.3. The summed E-state index contributed by atoms with van der Waals surface area (Å²) in [5.41, 5.74) is 2.86. The number of ether oxygens (including phenoxy) is 2. The zero-order chi connectivity index (χ0) is 23.7. The molecule has 1 saturated heterocycles. The minimum atomic E-state index is -0.349. The molecule has 2 atom stereocenters. The molecular weight excluding hydrogens is 451 g/mol. The molecule has 0 unspecified atom stereocenters. The molecule has 4 aromatic rings. The van der Waals surface area contributed by atoms with E-state index in [9.17, 15) is 4.39 Å². The summed E-state index contributed by atoms with van der Waals surface area (Å²) in [5.74, 6) is 0.997. The first kappa shape index (κ1) is 21.9. The van der Waals surface area contributed by atoms with Gasteiger partial charge in [0.25, 0.3) is 0 Å². The summed E-state index contributed by atoms with van der Waals surface area (Å²) >= 11 is 5.83. The fraction of sp³-hybridized carbons (Fsp3) is 0.154. The predicted molar refractivity (Wildman–Crippen MR) is 133 cm³/mol. The smallest absolute Gasteiger partial charge is 0.174 e. The molecule has 1 aliphatic rings. The van der Waals surface area contributed by atoms with Crippen molar-refractivity contribution in [3.63, 3.8) is 0 Å². The molecule has 0 bridgehead atoms. The van der Waals surface area contributed by atoms with Gasteiger partial charge in [-0.25, -0.2) is 4.39 Å². The highest BCUT2D eigenvalue weighted by molar-refractivity contribution is 7.80. The van der Waals surface area contributed by atoms with Crippen LogP contribution >= 0.6 is 12.2 Å². The van der Waals surface area contributed by atoms with Gasteiger partial charge in [-0.15, -0.1) is 0 Å². The van der Waals surface area contributed by atoms with Crippen molar-refractivity contribution < 1.29 is 13.9 Å². The van der Waals surface area contributed by atoms with E-state index in [1.54, 1.807) is 32.5 Å².